The first-order valence-corrected chi connectivity index (χ1v) is 11.5. The fourth-order valence-corrected chi connectivity index (χ4v) is 4.02. The van der Waals surface area contributed by atoms with Gasteiger partial charge in [-0.3, -0.25) is 0 Å². The Morgan fingerprint density at radius 1 is 0.743 bits per heavy atom. The Hall–Kier alpha value is -3.23. The summed E-state index contributed by atoms with van der Waals surface area (Å²) in [5.74, 6) is 0. The van der Waals surface area contributed by atoms with Crippen LogP contribution < -0.4 is 0 Å². The second-order valence-electron chi connectivity index (χ2n) is 8.28. The van der Waals surface area contributed by atoms with Gasteiger partial charge in [-0.05, 0) is 22.2 Å². The monoisotopic (exact) mass is 475 g/mol. The Labute approximate surface area is 204 Å². The maximum absolute atomic E-state index is 10.7. The SMILES string of the molecule is [N-]=[N+]=N[C@@H]1[C@@H](OCc2ccccc2)[C@@H](OCc2ccccc2)[C@@H](COCc2ccccc2)O[C@H]1O. The van der Waals surface area contributed by atoms with Gasteiger partial charge >= 0.3 is 0 Å². The van der Waals surface area contributed by atoms with Crippen LogP contribution in [0, 0.1) is 0 Å². The van der Waals surface area contributed by atoms with E-state index in [4.69, 9.17) is 24.5 Å². The molecule has 0 unspecified atom stereocenters. The normalized spacial score (nSPS) is 24.0. The fourth-order valence-electron chi connectivity index (χ4n) is 4.02. The topological polar surface area (TPSA) is 106 Å². The van der Waals surface area contributed by atoms with Crippen molar-refractivity contribution in [2.75, 3.05) is 6.61 Å². The molecule has 1 heterocycles. The number of aliphatic hydroxyl groups is 1. The Balaban J connectivity index is 1.52. The fraction of sp³-hybridized carbons (Fsp3) is 0.333. The molecule has 3 aromatic rings. The zero-order valence-corrected chi connectivity index (χ0v) is 19.3. The van der Waals surface area contributed by atoms with Gasteiger partial charge in [-0.25, -0.2) is 0 Å². The van der Waals surface area contributed by atoms with Crippen molar-refractivity contribution in [2.24, 2.45) is 5.11 Å². The minimum Gasteiger partial charge on any atom is -0.374 e. The standard InChI is InChI=1S/C27H29N3O5/c28-30-29-24-26(34-18-22-14-8-3-9-15-22)25(33-17-21-12-6-2-7-13-21)23(35-27(24)31)19-32-16-20-10-4-1-5-11-20/h1-15,23-27,31H,16-19H2/t23-,24-,25+,26-,27-/m1/s1. The number of azide groups is 1. The summed E-state index contributed by atoms with van der Waals surface area (Å²) in [6.07, 6.45) is -3.38. The molecule has 0 amide bonds. The highest BCUT2D eigenvalue weighted by Crippen LogP contribution is 2.29. The van der Waals surface area contributed by atoms with Gasteiger partial charge in [0.25, 0.3) is 0 Å². The van der Waals surface area contributed by atoms with Crippen LogP contribution in [0.1, 0.15) is 16.7 Å². The quantitative estimate of drug-likeness (QED) is 0.244. The van der Waals surface area contributed by atoms with E-state index in [1.165, 1.54) is 0 Å². The van der Waals surface area contributed by atoms with Crippen LogP contribution in [-0.4, -0.2) is 42.4 Å². The van der Waals surface area contributed by atoms with Gasteiger partial charge in [-0.1, -0.05) is 96.1 Å². The number of ether oxygens (including phenoxy) is 4. The lowest BCUT2D eigenvalue weighted by Gasteiger charge is -2.43. The summed E-state index contributed by atoms with van der Waals surface area (Å²) in [5, 5.41) is 14.5. The van der Waals surface area contributed by atoms with Gasteiger partial charge in [0.1, 0.15) is 24.4 Å². The predicted octanol–water partition coefficient (Wildman–Crippen LogP) is 4.77. The van der Waals surface area contributed by atoms with E-state index in [0.717, 1.165) is 16.7 Å². The third-order valence-corrected chi connectivity index (χ3v) is 5.78. The Morgan fingerprint density at radius 3 is 1.74 bits per heavy atom. The van der Waals surface area contributed by atoms with Crippen LogP contribution in [0.15, 0.2) is 96.1 Å². The number of rotatable bonds is 11. The van der Waals surface area contributed by atoms with Crippen LogP contribution in [0.5, 0.6) is 0 Å². The van der Waals surface area contributed by atoms with Crippen molar-refractivity contribution in [2.45, 2.75) is 50.5 Å². The Morgan fingerprint density at radius 2 is 1.23 bits per heavy atom. The van der Waals surface area contributed by atoms with Crippen LogP contribution in [-0.2, 0) is 38.8 Å². The third-order valence-electron chi connectivity index (χ3n) is 5.78. The summed E-state index contributed by atoms with van der Waals surface area (Å²) in [4.78, 5) is 2.91. The molecule has 0 radical (unpaired) electrons. The summed E-state index contributed by atoms with van der Waals surface area (Å²) in [6.45, 7) is 1.11. The van der Waals surface area contributed by atoms with E-state index in [2.05, 4.69) is 10.0 Å². The maximum Gasteiger partial charge on any atom is 0.166 e. The lowest BCUT2D eigenvalue weighted by atomic mass is 9.96. The van der Waals surface area contributed by atoms with Crippen LogP contribution in [0.25, 0.3) is 10.4 Å². The van der Waals surface area contributed by atoms with Crippen molar-refractivity contribution < 1.29 is 24.1 Å². The van der Waals surface area contributed by atoms with Gasteiger partial charge in [0.15, 0.2) is 6.29 Å². The summed E-state index contributed by atoms with van der Waals surface area (Å²) in [5.41, 5.74) is 12.1. The summed E-state index contributed by atoms with van der Waals surface area (Å²) in [7, 11) is 0. The van der Waals surface area contributed by atoms with E-state index < -0.39 is 30.6 Å². The molecule has 5 atom stereocenters. The Kier molecular flexibility index (Phi) is 9.25. The smallest absolute Gasteiger partial charge is 0.166 e. The van der Waals surface area contributed by atoms with E-state index >= 15 is 0 Å². The van der Waals surface area contributed by atoms with Gasteiger partial charge in [0.2, 0.25) is 0 Å². The van der Waals surface area contributed by atoms with E-state index in [-0.39, 0.29) is 13.2 Å². The number of hydrogen-bond donors (Lipinski definition) is 1. The lowest BCUT2D eigenvalue weighted by molar-refractivity contribution is -0.273. The number of aliphatic hydroxyl groups excluding tert-OH is 1. The molecule has 1 N–H and O–H groups in total. The molecule has 1 aliphatic heterocycles. The summed E-state index contributed by atoms with van der Waals surface area (Å²) >= 11 is 0. The van der Waals surface area contributed by atoms with E-state index in [9.17, 15) is 5.11 Å². The minimum atomic E-state index is -1.35. The van der Waals surface area contributed by atoms with Crippen molar-refractivity contribution >= 4 is 0 Å². The number of benzene rings is 3. The van der Waals surface area contributed by atoms with Crippen LogP contribution in [0.2, 0.25) is 0 Å². The van der Waals surface area contributed by atoms with E-state index in [1.807, 2.05) is 91.0 Å². The van der Waals surface area contributed by atoms with Gasteiger partial charge in [0, 0.05) is 4.91 Å². The maximum atomic E-state index is 10.7. The van der Waals surface area contributed by atoms with Crippen molar-refractivity contribution in [1.29, 1.82) is 0 Å². The first kappa shape index (κ1) is 24.9. The number of hydrogen-bond acceptors (Lipinski definition) is 6. The van der Waals surface area contributed by atoms with Crippen molar-refractivity contribution in [3.63, 3.8) is 0 Å². The average molecular weight is 476 g/mol. The molecule has 1 aliphatic rings. The van der Waals surface area contributed by atoms with Gasteiger partial charge in [-0.2, -0.15) is 0 Å². The molecule has 35 heavy (non-hydrogen) atoms. The van der Waals surface area contributed by atoms with Crippen LogP contribution in [0.3, 0.4) is 0 Å². The highest BCUT2D eigenvalue weighted by atomic mass is 16.7. The van der Waals surface area contributed by atoms with E-state index in [0.29, 0.717) is 13.2 Å². The van der Waals surface area contributed by atoms with Crippen molar-refractivity contribution in [3.8, 4) is 0 Å². The lowest BCUT2D eigenvalue weighted by Crippen LogP contribution is -2.59. The zero-order valence-electron chi connectivity index (χ0n) is 19.3. The molecule has 3 aromatic carbocycles. The third kappa shape index (κ3) is 7.13. The first-order chi connectivity index (χ1) is 17.2. The molecule has 4 rings (SSSR count). The summed E-state index contributed by atoms with van der Waals surface area (Å²) in [6, 6.07) is 28.2. The molecule has 0 saturated carbocycles. The highest BCUT2D eigenvalue weighted by Gasteiger charge is 2.46. The molecule has 0 aliphatic carbocycles. The van der Waals surface area contributed by atoms with Crippen molar-refractivity contribution in [3.05, 3.63) is 118 Å². The van der Waals surface area contributed by atoms with Crippen LogP contribution in [0.4, 0.5) is 0 Å². The molecule has 1 fully saturated rings. The van der Waals surface area contributed by atoms with Crippen molar-refractivity contribution in [1.82, 2.24) is 0 Å². The molecule has 8 heteroatoms. The molecule has 0 spiro atoms. The largest absolute Gasteiger partial charge is 0.374 e. The van der Waals surface area contributed by atoms with Gasteiger partial charge in [-0.15, -0.1) is 0 Å². The molecule has 1 saturated heterocycles. The van der Waals surface area contributed by atoms with Gasteiger partial charge in [0.05, 0.1) is 26.4 Å². The second kappa shape index (κ2) is 13.0. The average Bonchev–Trinajstić information content (AvgIpc) is 2.90. The zero-order chi connectivity index (χ0) is 24.3. The van der Waals surface area contributed by atoms with E-state index in [1.54, 1.807) is 0 Å². The van der Waals surface area contributed by atoms with Gasteiger partial charge < -0.3 is 24.1 Å². The number of nitrogens with zero attached hydrogens (tertiary/aromatic N) is 3. The molecular formula is C27H29N3O5. The second-order valence-corrected chi connectivity index (χ2v) is 8.28. The molecule has 0 bridgehead atoms. The first-order valence-electron chi connectivity index (χ1n) is 11.5. The predicted molar refractivity (Wildman–Crippen MR) is 130 cm³/mol. The molecular weight excluding hydrogens is 446 g/mol. The highest BCUT2D eigenvalue weighted by molar-refractivity contribution is 5.15. The Bertz CT molecular complexity index is 1060. The van der Waals surface area contributed by atoms with Crippen LogP contribution >= 0.6 is 0 Å². The minimum absolute atomic E-state index is 0.166. The molecule has 0 aromatic heterocycles. The molecule has 8 nitrogen and oxygen atoms in total. The molecule has 182 valence electrons. The summed E-state index contributed by atoms with van der Waals surface area (Å²) < 4.78 is 24.3.